The van der Waals surface area contributed by atoms with Gasteiger partial charge >= 0.3 is 0 Å². The first-order valence-electron chi connectivity index (χ1n) is 4.16. The fraction of sp³-hybridized carbons (Fsp3) is 1.00. The Morgan fingerprint density at radius 2 is 2.30 bits per heavy atom. The van der Waals surface area contributed by atoms with Crippen LogP contribution < -0.4 is 5.32 Å². The first-order chi connectivity index (χ1) is 4.81. The fourth-order valence-corrected chi connectivity index (χ4v) is 1.70. The van der Waals surface area contributed by atoms with Gasteiger partial charge in [-0.2, -0.15) is 0 Å². The van der Waals surface area contributed by atoms with Gasteiger partial charge in [0.1, 0.15) is 0 Å². The Morgan fingerprint density at radius 3 is 2.80 bits per heavy atom. The van der Waals surface area contributed by atoms with Crippen LogP contribution in [0.25, 0.3) is 0 Å². The third kappa shape index (κ3) is 1.06. The van der Waals surface area contributed by atoms with Crippen molar-refractivity contribution in [3.8, 4) is 0 Å². The predicted octanol–water partition coefficient (Wildman–Crippen LogP) is 0.775. The van der Waals surface area contributed by atoms with Gasteiger partial charge in [0.15, 0.2) is 0 Å². The maximum atomic E-state index is 5.73. The molecule has 1 aliphatic carbocycles. The van der Waals surface area contributed by atoms with Crippen molar-refractivity contribution in [1.29, 1.82) is 0 Å². The second-order valence-electron chi connectivity index (χ2n) is 3.61. The second-order valence-corrected chi connectivity index (χ2v) is 3.61. The third-order valence-electron chi connectivity index (χ3n) is 2.63. The Morgan fingerprint density at radius 1 is 1.50 bits per heavy atom. The van der Waals surface area contributed by atoms with E-state index in [9.17, 15) is 0 Å². The number of morpholine rings is 1. The van der Waals surface area contributed by atoms with Gasteiger partial charge in [-0.15, -0.1) is 0 Å². The molecule has 1 atom stereocenters. The van der Waals surface area contributed by atoms with Crippen LogP contribution in [0.4, 0.5) is 0 Å². The van der Waals surface area contributed by atoms with Crippen molar-refractivity contribution in [2.45, 2.75) is 25.4 Å². The summed E-state index contributed by atoms with van der Waals surface area (Å²) in [4.78, 5) is 0. The monoisotopic (exact) mass is 141 g/mol. The Bertz CT molecular complexity index is 125. The van der Waals surface area contributed by atoms with Crippen molar-refractivity contribution in [3.63, 3.8) is 0 Å². The fourth-order valence-electron chi connectivity index (χ4n) is 1.70. The lowest BCUT2D eigenvalue weighted by Gasteiger charge is -2.34. The normalized spacial score (nSPS) is 41.7. The second kappa shape index (κ2) is 2.21. The molecule has 2 heteroatoms. The summed E-state index contributed by atoms with van der Waals surface area (Å²) in [6.45, 7) is 5.21. The molecule has 0 bridgehead atoms. The van der Waals surface area contributed by atoms with Crippen LogP contribution in [0, 0.1) is 5.92 Å². The lowest BCUT2D eigenvalue weighted by molar-refractivity contribution is -0.0675. The molecule has 0 aromatic carbocycles. The molecule has 0 amide bonds. The number of rotatable bonds is 1. The molecule has 0 aromatic rings. The van der Waals surface area contributed by atoms with Crippen LogP contribution in [0.15, 0.2) is 0 Å². The molecule has 1 saturated heterocycles. The highest BCUT2D eigenvalue weighted by atomic mass is 16.5. The molecule has 2 nitrogen and oxygen atoms in total. The minimum atomic E-state index is 0.179. The molecule has 2 aliphatic rings. The molecule has 1 unspecified atom stereocenters. The zero-order valence-electron chi connectivity index (χ0n) is 6.52. The van der Waals surface area contributed by atoms with Crippen molar-refractivity contribution in [2.24, 2.45) is 5.92 Å². The number of hydrogen-bond acceptors (Lipinski definition) is 2. The quantitative estimate of drug-likeness (QED) is 0.582. The summed E-state index contributed by atoms with van der Waals surface area (Å²) in [6.07, 6.45) is 2.75. The van der Waals surface area contributed by atoms with Gasteiger partial charge in [0.25, 0.3) is 0 Å². The highest BCUT2D eigenvalue weighted by molar-refractivity contribution is 4.95. The van der Waals surface area contributed by atoms with E-state index < -0.39 is 0 Å². The lowest BCUT2D eigenvalue weighted by Crippen LogP contribution is -2.49. The number of hydrogen-bond donors (Lipinski definition) is 1. The maximum absolute atomic E-state index is 5.73. The van der Waals surface area contributed by atoms with E-state index in [0.29, 0.717) is 0 Å². The Hall–Kier alpha value is -0.0800. The maximum Gasteiger partial charge on any atom is 0.0806 e. The number of ether oxygens (including phenoxy) is 1. The molecule has 10 heavy (non-hydrogen) atoms. The molecule has 58 valence electrons. The molecule has 2 rings (SSSR count). The summed E-state index contributed by atoms with van der Waals surface area (Å²) in [5.74, 6) is 0.847. The van der Waals surface area contributed by atoms with E-state index in [2.05, 4.69) is 12.2 Å². The van der Waals surface area contributed by atoms with E-state index in [4.69, 9.17) is 4.74 Å². The molecular formula is C8H15NO. The zero-order chi connectivity index (χ0) is 7.03. The molecular weight excluding hydrogens is 126 g/mol. The van der Waals surface area contributed by atoms with Crippen LogP contribution in [0.3, 0.4) is 0 Å². The smallest absolute Gasteiger partial charge is 0.0806 e. The van der Waals surface area contributed by atoms with Crippen molar-refractivity contribution < 1.29 is 4.74 Å². The van der Waals surface area contributed by atoms with Crippen LogP contribution in [0.1, 0.15) is 19.8 Å². The third-order valence-corrected chi connectivity index (χ3v) is 2.63. The van der Waals surface area contributed by atoms with Crippen LogP contribution in [-0.2, 0) is 4.74 Å². The summed E-state index contributed by atoms with van der Waals surface area (Å²) >= 11 is 0. The standard InChI is InChI=1S/C8H15NO/c1-8(7-2-3-7)6-9-4-5-10-8/h7,9H,2-6H2,1H3. The van der Waals surface area contributed by atoms with E-state index in [1.165, 1.54) is 12.8 Å². The minimum absolute atomic E-state index is 0.179. The zero-order valence-corrected chi connectivity index (χ0v) is 6.52. The Labute approximate surface area is 61.9 Å². The molecule has 1 saturated carbocycles. The molecule has 1 N–H and O–H groups in total. The van der Waals surface area contributed by atoms with Crippen molar-refractivity contribution >= 4 is 0 Å². The van der Waals surface area contributed by atoms with Gasteiger partial charge < -0.3 is 10.1 Å². The van der Waals surface area contributed by atoms with E-state index in [0.717, 1.165) is 25.6 Å². The largest absolute Gasteiger partial charge is 0.372 e. The van der Waals surface area contributed by atoms with Gasteiger partial charge in [-0.3, -0.25) is 0 Å². The van der Waals surface area contributed by atoms with Gasteiger partial charge in [-0.25, -0.2) is 0 Å². The average Bonchev–Trinajstić information content (AvgIpc) is 2.69. The summed E-state index contributed by atoms with van der Waals surface area (Å²) in [5.41, 5.74) is 0.179. The van der Waals surface area contributed by atoms with Crippen molar-refractivity contribution in [1.82, 2.24) is 5.32 Å². The predicted molar refractivity (Wildman–Crippen MR) is 40.0 cm³/mol. The van der Waals surface area contributed by atoms with Gasteiger partial charge in [-0.1, -0.05) is 0 Å². The Balaban J connectivity index is 1.97. The molecule has 1 heterocycles. The van der Waals surface area contributed by atoms with E-state index in [1.807, 2.05) is 0 Å². The summed E-state index contributed by atoms with van der Waals surface area (Å²) < 4.78 is 5.73. The summed E-state index contributed by atoms with van der Waals surface area (Å²) in [5, 5.41) is 3.37. The van der Waals surface area contributed by atoms with Crippen LogP contribution in [0.2, 0.25) is 0 Å². The first kappa shape index (κ1) is 6.62. The Kier molecular flexibility index (Phi) is 1.46. The van der Waals surface area contributed by atoms with Gasteiger partial charge in [0, 0.05) is 13.1 Å². The van der Waals surface area contributed by atoms with Crippen molar-refractivity contribution in [2.75, 3.05) is 19.7 Å². The average molecular weight is 141 g/mol. The summed E-state index contributed by atoms with van der Waals surface area (Å²) in [7, 11) is 0. The minimum Gasteiger partial charge on any atom is -0.372 e. The molecule has 0 radical (unpaired) electrons. The SMILES string of the molecule is CC1(C2CC2)CNCCO1. The highest BCUT2D eigenvalue weighted by Gasteiger charge is 2.43. The van der Waals surface area contributed by atoms with Gasteiger partial charge in [-0.05, 0) is 25.7 Å². The van der Waals surface area contributed by atoms with Crippen LogP contribution in [0.5, 0.6) is 0 Å². The number of nitrogens with one attached hydrogen (secondary N) is 1. The topological polar surface area (TPSA) is 21.3 Å². The van der Waals surface area contributed by atoms with E-state index >= 15 is 0 Å². The van der Waals surface area contributed by atoms with Gasteiger partial charge in [0.05, 0.1) is 12.2 Å². The van der Waals surface area contributed by atoms with Crippen molar-refractivity contribution in [3.05, 3.63) is 0 Å². The van der Waals surface area contributed by atoms with Gasteiger partial charge in [0.2, 0.25) is 0 Å². The van der Waals surface area contributed by atoms with E-state index in [-0.39, 0.29) is 5.60 Å². The lowest BCUT2D eigenvalue weighted by atomic mass is 9.99. The van der Waals surface area contributed by atoms with E-state index in [1.54, 1.807) is 0 Å². The highest BCUT2D eigenvalue weighted by Crippen LogP contribution is 2.41. The molecule has 0 spiro atoms. The summed E-state index contributed by atoms with van der Waals surface area (Å²) in [6, 6.07) is 0. The van der Waals surface area contributed by atoms with Crippen LogP contribution >= 0.6 is 0 Å². The first-order valence-corrected chi connectivity index (χ1v) is 4.16. The molecule has 0 aromatic heterocycles. The molecule has 1 aliphatic heterocycles. The molecule has 2 fully saturated rings. The van der Waals surface area contributed by atoms with Crippen LogP contribution in [-0.4, -0.2) is 25.3 Å².